The van der Waals surface area contributed by atoms with Crippen molar-refractivity contribution in [1.82, 2.24) is 0 Å². The zero-order chi connectivity index (χ0) is 15.5. The van der Waals surface area contributed by atoms with E-state index in [0.717, 1.165) is 12.1 Å². The van der Waals surface area contributed by atoms with Crippen LogP contribution in [0.4, 0.5) is 5.69 Å². The molecule has 1 atom stereocenters. The number of nitro benzene ring substituents is 1. The maximum Gasteiger partial charge on any atom is 0.453 e. The fourth-order valence-electron chi connectivity index (χ4n) is 1.51. The van der Waals surface area contributed by atoms with Crippen molar-refractivity contribution in [2.24, 2.45) is 0 Å². The molecule has 0 saturated heterocycles. The maximum absolute atomic E-state index is 11.8. The van der Waals surface area contributed by atoms with Gasteiger partial charge in [0.15, 0.2) is 0 Å². The summed E-state index contributed by atoms with van der Waals surface area (Å²) < 4.78 is 4.61. The van der Waals surface area contributed by atoms with E-state index in [0.29, 0.717) is 0 Å². The summed E-state index contributed by atoms with van der Waals surface area (Å²) in [6.45, 7) is 2.86. The van der Waals surface area contributed by atoms with Crippen molar-refractivity contribution in [3.8, 4) is 0 Å². The molecule has 1 rings (SSSR count). The molecule has 0 aliphatic carbocycles. The van der Waals surface area contributed by atoms with Gasteiger partial charge in [-0.1, -0.05) is 12.1 Å². The molecule has 20 heavy (non-hydrogen) atoms. The highest BCUT2D eigenvalue weighted by atomic mass is 16.7. The van der Waals surface area contributed by atoms with Gasteiger partial charge in [-0.15, -0.1) is 0 Å². The molecule has 0 saturated carbocycles. The minimum absolute atomic E-state index is 0.725. The van der Waals surface area contributed by atoms with Gasteiger partial charge in [-0.2, -0.15) is 0 Å². The largest absolute Gasteiger partial charge is 0.455 e. The van der Waals surface area contributed by atoms with E-state index in [2.05, 4.69) is 4.74 Å². The maximum atomic E-state index is 11.8. The summed E-state index contributed by atoms with van der Waals surface area (Å²) in [6, 6.07) is 4.38. The van der Waals surface area contributed by atoms with Crippen molar-refractivity contribution in [3.63, 3.8) is 0 Å². The van der Waals surface area contributed by atoms with E-state index in [1.165, 1.54) is 26.0 Å². The van der Waals surface area contributed by atoms with Crippen LogP contribution < -0.4 is 0 Å². The van der Waals surface area contributed by atoms with Crippen molar-refractivity contribution in [2.45, 2.75) is 25.7 Å². The molecule has 1 N–H and O–H groups in total. The number of rotatable bonds is 5. The van der Waals surface area contributed by atoms with Gasteiger partial charge in [0.05, 0.1) is 16.0 Å². The molecule has 1 unspecified atom stereocenters. The molecule has 1 aromatic rings. The van der Waals surface area contributed by atoms with Crippen molar-refractivity contribution in [2.75, 3.05) is 0 Å². The van der Waals surface area contributed by atoms with Crippen LogP contribution in [0.5, 0.6) is 0 Å². The smallest absolute Gasteiger partial charge is 0.453 e. The van der Waals surface area contributed by atoms with Crippen LogP contribution in [0.2, 0.25) is 0 Å². The topological polar surface area (TPSA) is 133 Å². The first-order valence-corrected chi connectivity index (χ1v) is 5.53. The van der Waals surface area contributed by atoms with Crippen LogP contribution in [0.25, 0.3) is 0 Å². The van der Waals surface area contributed by atoms with Gasteiger partial charge in [0.25, 0.3) is 5.69 Å². The van der Waals surface area contributed by atoms with Crippen molar-refractivity contribution >= 4 is 11.7 Å². The Hall–Kier alpha value is -2.55. The molecule has 9 heteroatoms. The molecule has 0 bridgehead atoms. The second kappa shape index (κ2) is 5.61. The highest BCUT2D eigenvalue weighted by molar-refractivity contribution is 5.80. The van der Waals surface area contributed by atoms with Gasteiger partial charge < -0.3 is 9.84 Å². The molecule has 0 aliphatic rings. The van der Waals surface area contributed by atoms with E-state index in [9.17, 15) is 30.1 Å². The van der Waals surface area contributed by atoms with Gasteiger partial charge in [0.2, 0.25) is 0 Å². The molecule has 1 aromatic carbocycles. The van der Waals surface area contributed by atoms with Crippen molar-refractivity contribution in [1.29, 1.82) is 0 Å². The summed E-state index contributed by atoms with van der Waals surface area (Å²) in [4.78, 5) is 31.4. The van der Waals surface area contributed by atoms with Crippen LogP contribution in [0, 0.1) is 20.2 Å². The third kappa shape index (κ3) is 2.72. The van der Waals surface area contributed by atoms with Gasteiger partial charge in [-0.3, -0.25) is 20.2 Å². The highest BCUT2D eigenvalue weighted by Crippen LogP contribution is 2.31. The van der Waals surface area contributed by atoms with Crippen LogP contribution in [-0.2, 0) is 15.3 Å². The summed E-state index contributed by atoms with van der Waals surface area (Å²) in [7, 11) is 0. The number of aliphatic hydroxyl groups is 1. The highest BCUT2D eigenvalue weighted by Gasteiger charge is 2.57. The number of nitrogens with zero attached hydrogens (tertiary/aromatic N) is 2. The number of para-hydroxylation sites is 1. The minimum atomic E-state index is -3.33. The third-order valence-corrected chi connectivity index (χ3v) is 2.37. The van der Waals surface area contributed by atoms with Crippen LogP contribution in [0.3, 0.4) is 0 Å². The fourth-order valence-corrected chi connectivity index (χ4v) is 1.51. The Kier molecular flexibility index (Phi) is 4.35. The van der Waals surface area contributed by atoms with Crippen LogP contribution in [-0.4, -0.2) is 27.0 Å². The lowest BCUT2D eigenvalue weighted by Crippen LogP contribution is -2.45. The lowest BCUT2D eigenvalue weighted by atomic mass is 10.0. The van der Waals surface area contributed by atoms with Crippen molar-refractivity contribution < 1.29 is 24.5 Å². The fraction of sp³-hybridized carbons (Fsp3) is 0.364. The Morgan fingerprint density at radius 2 is 1.85 bits per heavy atom. The number of carbonyl (C=O) groups is 1. The Balaban J connectivity index is 3.45. The van der Waals surface area contributed by atoms with E-state index in [-0.39, 0.29) is 0 Å². The van der Waals surface area contributed by atoms with E-state index < -0.39 is 38.9 Å². The van der Waals surface area contributed by atoms with E-state index in [4.69, 9.17) is 0 Å². The lowest BCUT2D eigenvalue weighted by molar-refractivity contribution is -0.619. The number of carbonyl (C=O) groups excluding carboxylic acids is 1. The summed E-state index contributed by atoms with van der Waals surface area (Å²) >= 11 is 0. The number of esters is 1. The van der Waals surface area contributed by atoms with Gasteiger partial charge in [0, 0.05) is 6.07 Å². The van der Waals surface area contributed by atoms with Gasteiger partial charge in [-0.25, -0.2) is 4.79 Å². The summed E-state index contributed by atoms with van der Waals surface area (Å²) in [6.07, 6.45) is -0.725. The zero-order valence-corrected chi connectivity index (χ0v) is 10.7. The molecular weight excluding hydrogens is 272 g/mol. The Labute approximate surface area is 113 Å². The number of benzene rings is 1. The standard InChI is InChI=1S/C11H12N2O7/c1-7(2)20-10(14)11(15,13(18)19)8-5-3-4-6-9(8)12(16)17/h3-7,15H,1-2H3. The molecule has 0 amide bonds. The molecule has 0 aromatic heterocycles. The predicted octanol–water partition coefficient (Wildman–Crippen LogP) is 0.968. The first kappa shape index (κ1) is 15.5. The minimum Gasteiger partial charge on any atom is -0.455 e. The average molecular weight is 284 g/mol. The molecule has 0 fully saturated rings. The molecule has 9 nitrogen and oxygen atoms in total. The summed E-state index contributed by atoms with van der Waals surface area (Å²) in [5.41, 5.74) is -4.82. The molecule has 0 spiro atoms. The number of nitro groups is 2. The van der Waals surface area contributed by atoms with Crippen LogP contribution in [0.1, 0.15) is 19.4 Å². The summed E-state index contributed by atoms with van der Waals surface area (Å²) in [5, 5.41) is 31.9. The number of hydrogen-bond donors (Lipinski definition) is 1. The average Bonchev–Trinajstić information content (AvgIpc) is 2.36. The zero-order valence-electron chi connectivity index (χ0n) is 10.7. The van der Waals surface area contributed by atoms with Crippen molar-refractivity contribution in [3.05, 3.63) is 50.1 Å². The molecule has 108 valence electrons. The SMILES string of the molecule is CC(C)OC(=O)C(O)(c1ccccc1[N+](=O)[O-])[N+](=O)[O-]. The number of hydrogen-bond acceptors (Lipinski definition) is 7. The monoisotopic (exact) mass is 284 g/mol. The Morgan fingerprint density at radius 3 is 2.30 bits per heavy atom. The first-order valence-electron chi connectivity index (χ1n) is 5.53. The Bertz CT molecular complexity index is 557. The van der Waals surface area contributed by atoms with Crippen LogP contribution in [0.15, 0.2) is 24.3 Å². The third-order valence-electron chi connectivity index (χ3n) is 2.37. The van der Waals surface area contributed by atoms with E-state index in [1.807, 2.05) is 0 Å². The first-order chi connectivity index (χ1) is 9.21. The quantitative estimate of drug-likeness (QED) is 0.368. The summed E-state index contributed by atoms with van der Waals surface area (Å²) in [5.74, 6) is -1.58. The molecule has 0 aliphatic heterocycles. The Morgan fingerprint density at radius 1 is 1.30 bits per heavy atom. The van der Waals surface area contributed by atoms with Crippen LogP contribution >= 0.6 is 0 Å². The van der Waals surface area contributed by atoms with E-state index in [1.54, 1.807) is 0 Å². The lowest BCUT2D eigenvalue weighted by Gasteiger charge is -2.19. The predicted molar refractivity (Wildman–Crippen MR) is 65.2 cm³/mol. The van der Waals surface area contributed by atoms with Gasteiger partial charge in [-0.05, 0) is 19.9 Å². The normalized spacial score (nSPS) is 13.6. The van der Waals surface area contributed by atoms with E-state index >= 15 is 0 Å². The second-order valence-corrected chi connectivity index (χ2v) is 4.16. The molecule has 0 heterocycles. The molecular formula is C11H12N2O7. The van der Waals surface area contributed by atoms with Gasteiger partial charge in [0.1, 0.15) is 5.56 Å². The van der Waals surface area contributed by atoms with Gasteiger partial charge >= 0.3 is 11.7 Å². The molecule has 0 radical (unpaired) electrons. The number of ether oxygens (including phenoxy) is 1. The second-order valence-electron chi connectivity index (χ2n) is 4.16.